The van der Waals surface area contributed by atoms with Crippen LogP contribution in [-0.2, 0) is 0 Å². The number of aryl methyl sites for hydroxylation is 1. The Balaban J connectivity index is 1.50. The third-order valence-corrected chi connectivity index (χ3v) is 6.10. The minimum Gasteiger partial charge on any atom is -0.358 e. The van der Waals surface area contributed by atoms with Gasteiger partial charge in [0.1, 0.15) is 32.2 Å². The van der Waals surface area contributed by atoms with Gasteiger partial charge in [-0.2, -0.15) is 0 Å². The van der Waals surface area contributed by atoms with E-state index in [-0.39, 0.29) is 6.04 Å². The smallest absolute Gasteiger partial charge is 0.274 e. The van der Waals surface area contributed by atoms with Crippen molar-refractivity contribution in [1.82, 2.24) is 9.97 Å². The van der Waals surface area contributed by atoms with Gasteiger partial charge in [0.25, 0.3) is 5.82 Å². The second-order valence-electron chi connectivity index (χ2n) is 7.82. The summed E-state index contributed by atoms with van der Waals surface area (Å²) in [6, 6.07) is 19.5. The molecule has 1 aliphatic rings. The Bertz CT molecular complexity index is 1080. The van der Waals surface area contributed by atoms with Crippen LogP contribution in [0.15, 0.2) is 73.2 Å². The van der Waals surface area contributed by atoms with Crippen molar-refractivity contribution in [2.24, 2.45) is 0 Å². The first-order valence-electron chi connectivity index (χ1n) is 10.3. The van der Waals surface area contributed by atoms with E-state index in [2.05, 4.69) is 75.3 Å². The largest absolute Gasteiger partial charge is 0.358 e. The van der Waals surface area contributed by atoms with Crippen LogP contribution in [0, 0.1) is 6.92 Å². The van der Waals surface area contributed by atoms with Crippen molar-refractivity contribution in [2.75, 3.05) is 31.1 Å². The Morgan fingerprint density at radius 1 is 1.03 bits per heavy atom. The number of benzene rings is 1. The minimum atomic E-state index is 0.279. The second-order valence-corrected chi connectivity index (χ2v) is 7.82. The number of rotatable bonds is 4. The van der Waals surface area contributed by atoms with Crippen molar-refractivity contribution >= 4 is 16.7 Å². The molecule has 1 fully saturated rings. The number of aromatic nitrogens is 3. The lowest BCUT2D eigenvalue weighted by molar-refractivity contribution is -0.926. The van der Waals surface area contributed by atoms with E-state index in [1.807, 2.05) is 24.7 Å². The number of hydrogen-bond donors (Lipinski definition) is 2. The van der Waals surface area contributed by atoms with E-state index in [0.717, 1.165) is 26.2 Å². The van der Waals surface area contributed by atoms with Gasteiger partial charge in [0.15, 0.2) is 0 Å². The maximum atomic E-state index is 4.44. The lowest BCUT2D eigenvalue weighted by atomic mass is 9.95. The van der Waals surface area contributed by atoms with Crippen molar-refractivity contribution in [2.45, 2.75) is 13.0 Å². The molecule has 0 spiro atoms. The van der Waals surface area contributed by atoms with Gasteiger partial charge < -0.3 is 9.88 Å². The van der Waals surface area contributed by atoms with Crippen LogP contribution < -0.4 is 14.8 Å². The molecule has 0 bridgehead atoms. The Hall–Kier alpha value is -3.18. The van der Waals surface area contributed by atoms with Gasteiger partial charge in [0.2, 0.25) is 0 Å². The summed E-state index contributed by atoms with van der Waals surface area (Å²) < 4.78 is 0. The van der Waals surface area contributed by atoms with Crippen molar-refractivity contribution < 1.29 is 9.88 Å². The first kappa shape index (κ1) is 17.9. The Kier molecular flexibility index (Phi) is 4.74. The zero-order valence-corrected chi connectivity index (χ0v) is 16.7. The molecule has 0 saturated carbocycles. The summed E-state index contributed by atoms with van der Waals surface area (Å²) in [5, 5.41) is 1.32. The monoisotopic (exact) mass is 385 g/mol. The number of quaternary nitrogens is 1. The van der Waals surface area contributed by atoms with Crippen molar-refractivity contribution in [3.8, 4) is 0 Å². The molecule has 0 aliphatic carbocycles. The number of nitrogens with zero attached hydrogens (tertiary/aromatic N) is 2. The summed E-state index contributed by atoms with van der Waals surface area (Å²) in [6.45, 7) is 6.44. The number of aromatic amines is 2. The van der Waals surface area contributed by atoms with E-state index in [0.29, 0.717) is 0 Å². The summed E-state index contributed by atoms with van der Waals surface area (Å²) in [5.41, 5.74) is 5.16. The van der Waals surface area contributed by atoms with Crippen molar-refractivity contribution in [3.05, 3.63) is 90.0 Å². The highest BCUT2D eigenvalue weighted by atomic mass is 15.3. The highest BCUT2D eigenvalue weighted by Gasteiger charge is 2.35. The second kappa shape index (κ2) is 7.68. The Labute approximate surface area is 171 Å². The quantitative estimate of drug-likeness (QED) is 0.566. The van der Waals surface area contributed by atoms with Gasteiger partial charge in [-0.05, 0) is 31.2 Å². The number of hydrogen-bond acceptors (Lipinski definition) is 2. The predicted molar refractivity (Wildman–Crippen MR) is 115 cm³/mol. The zero-order valence-electron chi connectivity index (χ0n) is 16.7. The average Bonchev–Trinajstić information content (AvgIpc) is 3.12. The number of anilines is 1. The summed E-state index contributed by atoms with van der Waals surface area (Å²) in [6.07, 6.45) is 5.90. The van der Waals surface area contributed by atoms with Gasteiger partial charge in [0.05, 0.1) is 6.20 Å². The maximum absolute atomic E-state index is 4.44. The lowest BCUT2D eigenvalue weighted by Gasteiger charge is -2.34. The Morgan fingerprint density at radius 2 is 1.86 bits per heavy atom. The number of pyridine rings is 2. The summed E-state index contributed by atoms with van der Waals surface area (Å²) in [7, 11) is 0. The van der Waals surface area contributed by atoms with E-state index >= 15 is 0 Å². The minimum absolute atomic E-state index is 0.279. The molecule has 0 unspecified atom stereocenters. The van der Waals surface area contributed by atoms with Crippen LogP contribution in [0.1, 0.15) is 22.9 Å². The van der Waals surface area contributed by atoms with Gasteiger partial charge in [-0.1, -0.05) is 24.3 Å². The van der Waals surface area contributed by atoms with Crippen molar-refractivity contribution in [3.63, 3.8) is 0 Å². The SMILES string of the molecule is Cc1[nH]c2ccccc2c1[C@@H](c1cccnc1)[NH+]1CCN(c2cccc[nH+]2)CC1. The van der Waals surface area contributed by atoms with Crippen LogP contribution in [0.4, 0.5) is 5.82 Å². The van der Waals surface area contributed by atoms with Crippen LogP contribution >= 0.6 is 0 Å². The number of H-pyrrole nitrogens is 2. The number of nitrogens with one attached hydrogen (secondary N) is 3. The number of fused-ring (bicyclic) bond motifs is 1. The maximum Gasteiger partial charge on any atom is 0.274 e. The van der Waals surface area contributed by atoms with E-state index < -0.39 is 0 Å². The van der Waals surface area contributed by atoms with E-state index in [4.69, 9.17) is 0 Å². The van der Waals surface area contributed by atoms with Crippen LogP contribution in [-0.4, -0.2) is 36.1 Å². The van der Waals surface area contributed by atoms with Gasteiger partial charge in [-0.3, -0.25) is 9.88 Å². The van der Waals surface area contributed by atoms with E-state index in [9.17, 15) is 0 Å². The van der Waals surface area contributed by atoms with Gasteiger partial charge in [-0.25, -0.2) is 4.98 Å². The molecule has 146 valence electrons. The Morgan fingerprint density at radius 3 is 2.62 bits per heavy atom. The molecule has 0 amide bonds. The van der Waals surface area contributed by atoms with Crippen LogP contribution in [0.5, 0.6) is 0 Å². The molecule has 1 atom stereocenters. The molecule has 1 saturated heterocycles. The fourth-order valence-electron chi connectivity index (χ4n) is 4.73. The van der Waals surface area contributed by atoms with Gasteiger partial charge in [0, 0.05) is 46.2 Å². The summed E-state index contributed by atoms with van der Waals surface area (Å²) in [5.74, 6) is 1.20. The van der Waals surface area contributed by atoms with E-state index in [1.165, 1.54) is 33.5 Å². The predicted octanol–water partition coefficient (Wildman–Crippen LogP) is 2.18. The molecule has 4 aromatic rings. The molecule has 5 rings (SSSR count). The van der Waals surface area contributed by atoms with Gasteiger partial charge in [-0.15, -0.1) is 0 Å². The normalized spacial score (nSPS) is 16.2. The van der Waals surface area contributed by atoms with E-state index in [1.54, 1.807) is 4.90 Å². The molecule has 1 aliphatic heterocycles. The molecule has 29 heavy (non-hydrogen) atoms. The summed E-state index contributed by atoms with van der Waals surface area (Å²) in [4.78, 5) is 15.5. The van der Waals surface area contributed by atoms with Crippen LogP contribution in [0.25, 0.3) is 10.9 Å². The highest BCUT2D eigenvalue weighted by Crippen LogP contribution is 2.30. The highest BCUT2D eigenvalue weighted by molar-refractivity contribution is 5.85. The lowest BCUT2D eigenvalue weighted by Crippen LogP contribution is -3.15. The molecular formula is C24H27N5+2. The molecule has 5 heteroatoms. The third kappa shape index (κ3) is 3.38. The van der Waals surface area contributed by atoms with Gasteiger partial charge >= 0.3 is 0 Å². The molecule has 5 nitrogen and oxygen atoms in total. The summed E-state index contributed by atoms with van der Waals surface area (Å²) >= 11 is 0. The van der Waals surface area contributed by atoms with Crippen molar-refractivity contribution in [1.29, 1.82) is 0 Å². The standard InChI is InChI=1S/C24H25N5/c1-18-23(20-8-2-3-9-21(20)27-18)24(19-7-6-11-25-17-19)29-15-13-28(14-16-29)22-10-4-5-12-26-22/h2-12,17,24,27H,13-16H2,1H3/p+2/t24-/m1/s1. The average molecular weight is 386 g/mol. The topological polar surface area (TPSA) is 50.5 Å². The number of piperazine rings is 1. The fourth-order valence-corrected chi connectivity index (χ4v) is 4.73. The van der Waals surface area contributed by atoms with Crippen LogP contribution in [0.2, 0.25) is 0 Å². The zero-order chi connectivity index (χ0) is 19.6. The number of para-hydroxylation sites is 1. The first-order chi connectivity index (χ1) is 14.3. The molecule has 1 aromatic carbocycles. The fraction of sp³-hybridized carbons (Fsp3) is 0.250. The third-order valence-electron chi connectivity index (χ3n) is 6.10. The first-order valence-corrected chi connectivity index (χ1v) is 10.3. The van der Waals surface area contributed by atoms with Crippen LogP contribution in [0.3, 0.4) is 0 Å². The molecular weight excluding hydrogens is 358 g/mol. The molecule has 3 aromatic heterocycles. The molecule has 3 N–H and O–H groups in total. The molecule has 0 radical (unpaired) electrons. The molecule has 4 heterocycles.